The number of benzene rings is 1. The topological polar surface area (TPSA) is 75.4 Å². The molecule has 0 radical (unpaired) electrons. The normalized spacial score (nSPS) is 17.9. The summed E-state index contributed by atoms with van der Waals surface area (Å²) in [5.74, 6) is -0.451. The molecule has 5 nitrogen and oxygen atoms in total. The molecule has 1 amide bonds. The molecule has 5 heteroatoms. The minimum Gasteiger partial charge on any atom is -0.368 e. The Labute approximate surface area is 112 Å². The number of nitrogens with two attached hydrogens (primary N) is 1. The Morgan fingerprint density at radius 3 is 2.47 bits per heavy atom. The smallest absolute Gasteiger partial charge is 0.239 e. The Kier molecular flexibility index (Phi) is 4.29. The lowest BCUT2D eigenvalue weighted by Gasteiger charge is -2.33. The average molecular weight is 261 g/mol. The van der Waals surface area contributed by atoms with E-state index in [2.05, 4.69) is 5.32 Å². The fourth-order valence-corrected chi connectivity index (χ4v) is 2.53. The van der Waals surface area contributed by atoms with Crippen LogP contribution in [0.2, 0.25) is 0 Å². The van der Waals surface area contributed by atoms with Gasteiger partial charge < -0.3 is 11.1 Å². The van der Waals surface area contributed by atoms with E-state index in [1.54, 1.807) is 12.1 Å². The zero-order valence-corrected chi connectivity index (χ0v) is 11.1. The zero-order chi connectivity index (χ0) is 13.8. The summed E-state index contributed by atoms with van der Waals surface area (Å²) >= 11 is 0. The number of nitrogens with one attached hydrogen (secondary N) is 1. The second-order valence-corrected chi connectivity index (χ2v) is 4.73. The highest BCUT2D eigenvalue weighted by atomic mass is 16.1. The largest absolute Gasteiger partial charge is 0.368 e. The van der Waals surface area contributed by atoms with Crippen LogP contribution in [0.4, 0.5) is 0 Å². The highest BCUT2D eigenvalue weighted by Gasteiger charge is 2.29. The molecule has 102 valence electrons. The van der Waals surface area contributed by atoms with Crippen LogP contribution in [-0.2, 0) is 4.79 Å². The highest BCUT2D eigenvalue weighted by molar-refractivity contribution is 5.97. The summed E-state index contributed by atoms with van der Waals surface area (Å²) in [6.07, 6.45) is 0. The summed E-state index contributed by atoms with van der Waals surface area (Å²) in [7, 11) is 0. The maximum atomic E-state index is 11.8. The molecule has 19 heavy (non-hydrogen) atoms. The van der Waals surface area contributed by atoms with E-state index in [9.17, 15) is 9.59 Å². The first-order valence-electron chi connectivity index (χ1n) is 6.45. The minimum atomic E-state index is -0.526. The lowest BCUT2D eigenvalue weighted by molar-refractivity contribution is -0.123. The second kappa shape index (κ2) is 5.95. The van der Waals surface area contributed by atoms with E-state index < -0.39 is 11.9 Å². The summed E-state index contributed by atoms with van der Waals surface area (Å²) in [6.45, 7) is 4.66. The van der Waals surface area contributed by atoms with Crippen LogP contribution >= 0.6 is 0 Å². The summed E-state index contributed by atoms with van der Waals surface area (Å²) in [5.41, 5.74) is 6.84. The lowest BCUT2D eigenvalue weighted by atomic mass is 9.96. The van der Waals surface area contributed by atoms with Gasteiger partial charge in [-0.05, 0) is 12.5 Å². The van der Waals surface area contributed by atoms with Crippen molar-refractivity contribution in [2.75, 3.05) is 26.2 Å². The first-order chi connectivity index (χ1) is 9.11. The Morgan fingerprint density at radius 2 is 1.89 bits per heavy atom. The van der Waals surface area contributed by atoms with Crippen LogP contribution in [0, 0.1) is 0 Å². The molecule has 1 fully saturated rings. The van der Waals surface area contributed by atoms with E-state index in [1.165, 1.54) is 6.92 Å². The van der Waals surface area contributed by atoms with Gasteiger partial charge in [-0.15, -0.1) is 0 Å². The standard InChI is InChI=1S/C14H19N3O2/c1-10(18)11-4-2-3-5-12(11)13(14(15)19)17-8-6-16-7-9-17/h2-5,13,16H,6-9H2,1H3,(H2,15,19). The molecule has 1 saturated heterocycles. The van der Waals surface area contributed by atoms with Crippen molar-refractivity contribution in [1.29, 1.82) is 0 Å². The molecule has 1 aliphatic heterocycles. The maximum absolute atomic E-state index is 11.8. The monoisotopic (exact) mass is 261 g/mol. The Hall–Kier alpha value is -1.72. The third-order valence-electron chi connectivity index (χ3n) is 3.42. The van der Waals surface area contributed by atoms with Crippen LogP contribution < -0.4 is 11.1 Å². The SMILES string of the molecule is CC(=O)c1ccccc1C(C(N)=O)N1CCNCC1. The van der Waals surface area contributed by atoms with Gasteiger partial charge in [-0.25, -0.2) is 0 Å². The molecule has 1 heterocycles. The molecule has 1 atom stereocenters. The first kappa shape index (κ1) is 13.7. The van der Waals surface area contributed by atoms with E-state index in [1.807, 2.05) is 17.0 Å². The maximum Gasteiger partial charge on any atom is 0.239 e. The number of Topliss-reactive ketones (excluding diaryl/α,β-unsaturated/α-hetero) is 1. The Balaban J connectivity index is 2.38. The first-order valence-corrected chi connectivity index (χ1v) is 6.45. The van der Waals surface area contributed by atoms with Gasteiger partial charge in [0.1, 0.15) is 6.04 Å². The minimum absolute atomic E-state index is 0.0445. The third-order valence-corrected chi connectivity index (χ3v) is 3.42. The zero-order valence-electron chi connectivity index (χ0n) is 11.1. The molecule has 2 rings (SSSR count). The van der Waals surface area contributed by atoms with Crippen LogP contribution in [0.5, 0.6) is 0 Å². The number of ketones is 1. The van der Waals surface area contributed by atoms with Gasteiger partial charge in [0.25, 0.3) is 0 Å². The molecule has 3 N–H and O–H groups in total. The molecule has 1 unspecified atom stereocenters. The van der Waals surface area contributed by atoms with Crippen LogP contribution in [0.1, 0.15) is 28.9 Å². The molecule has 1 aromatic rings. The Morgan fingerprint density at radius 1 is 1.26 bits per heavy atom. The van der Waals surface area contributed by atoms with Gasteiger partial charge in [0.15, 0.2) is 5.78 Å². The number of piperazine rings is 1. The quantitative estimate of drug-likeness (QED) is 0.765. The predicted molar refractivity (Wildman–Crippen MR) is 72.8 cm³/mol. The number of nitrogens with zero attached hydrogens (tertiary/aromatic N) is 1. The highest BCUT2D eigenvalue weighted by Crippen LogP contribution is 2.24. The second-order valence-electron chi connectivity index (χ2n) is 4.73. The van der Waals surface area contributed by atoms with E-state index in [4.69, 9.17) is 5.73 Å². The number of hydrogen-bond donors (Lipinski definition) is 2. The molecule has 0 aliphatic carbocycles. The van der Waals surface area contributed by atoms with Crippen LogP contribution in [0.3, 0.4) is 0 Å². The van der Waals surface area contributed by atoms with Crippen molar-refractivity contribution < 1.29 is 9.59 Å². The summed E-state index contributed by atoms with van der Waals surface area (Å²) < 4.78 is 0. The van der Waals surface area contributed by atoms with Crippen molar-refractivity contribution in [2.45, 2.75) is 13.0 Å². The molecule has 0 spiro atoms. The Bertz CT molecular complexity index is 481. The van der Waals surface area contributed by atoms with Crippen molar-refractivity contribution >= 4 is 11.7 Å². The third kappa shape index (κ3) is 3.00. The van der Waals surface area contributed by atoms with E-state index >= 15 is 0 Å². The fourth-order valence-electron chi connectivity index (χ4n) is 2.53. The van der Waals surface area contributed by atoms with Crippen molar-refractivity contribution in [2.24, 2.45) is 5.73 Å². The van der Waals surface area contributed by atoms with Crippen molar-refractivity contribution in [3.63, 3.8) is 0 Å². The summed E-state index contributed by atoms with van der Waals surface area (Å²) in [4.78, 5) is 25.5. The van der Waals surface area contributed by atoms with Crippen molar-refractivity contribution in [3.8, 4) is 0 Å². The van der Waals surface area contributed by atoms with Crippen molar-refractivity contribution in [3.05, 3.63) is 35.4 Å². The van der Waals surface area contributed by atoms with Crippen LogP contribution in [-0.4, -0.2) is 42.8 Å². The molecule has 0 aromatic heterocycles. The van der Waals surface area contributed by atoms with E-state index in [-0.39, 0.29) is 5.78 Å². The molecule has 1 aliphatic rings. The number of amides is 1. The lowest BCUT2D eigenvalue weighted by Crippen LogP contribution is -2.48. The van der Waals surface area contributed by atoms with Gasteiger partial charge >= 0.3 is 0 Å². The van der Waals surface area contributed by atoms with Gasteiger partial charge in [0.05, 0.1) is 0 Å². The molecule has 0 bridgehead atoms. The molecular formula is C14H19N3O2. The van der Waals surface area contributed by atoms with E-state index in [0.29, 0.717) is 11.1 Å². The van der Waals surface area contributed by atoms with Gasteiger partial charge in [0, 0.05) is 31.7 Å². The van der Waals surface area contributed by atoms with Gasteiger partial charge in [-0.3, -0.25) is 14.5 Å². The van der Waals surface area contributed by atoms with Gasteiger partial charge in [-0.2, -0.15) is 0 Å². The fraction of sp³-hybridized carbons (Fsp3) is 0.429. The molecular weight excluding hydrogens is 242 g/mol. The summed E-state index contributed by atoms with van der Waals surface area (Å²) in [5, 5.41) is 3.24. The van der Waals surface area contributed by atoms with Crippen LogP contribution in [0.15, 0.2) is 24.3 Å². The van der Waals surface area contributed by atoms with Gasteiger partial charge in [0.2, 0.25) is 5.91 Å². The predicted octanol–water partition coefficient (Wildman–Crippen LogP) is 0.321. The van der Waals surface area contributed by atoms with E-state index in [0.717, 1.165) is 26.2 Å². The number of primary amides is 1. The van der Waals surface area contributed by atoms with Crippen LogP contribution in [0.25, 0.3) is 0 Å². The number of carbonyl (C=O) groups excluding carboxylic acids is 2. The molecule has 0 saturated carbocycles. The number of hydrogen-bond acceptors (Lipinski definition) is 4. The summed E-state index contributed by atoms with van der Waals surface area (Å²) in [6, 6.07) is 6.67. The number of rotatable bonds is 4. The van der Waals surface area contributed by atoms with Crippen molar-refractivity contribution in [1.82, 2.24) is 10.2 Å². The number of carbonyl (C=O) groups is 2. The molecule has 1 aromatic carbocycles. The van der Waals surface area contributed by atoms with Gasteiger partial charge in [-0.1, -0.05) is 24.3 Å². The average Bonchev–Trinajstić information content (AvgIpc) is 2.40.